The minimum Gasteiger partial charge on any atom is -0.507 e. The monoisotopic (exact) mass is 372 g/mol. The third kappa shape index (κ3) is 3.55. The van der Waals surface area contributed by atoms with Crippen LogP contribution in [0.4, 0.5) is 5.69 Å². The van der Waals surface area contributed by atoms with Crippen molar-refractivity contribution in [1.29, 1.82) is 0 Å². The molecule has 0 saturated heterocycles. The van der Waals surface area contributed by atoms with Gasteiger partial charge in [-0.05, 0) is 53.4 Å². The van der Waals surface area contributed by atoms with Crippen LogP contribution in [0.15, 0.2) is 79.0 Å². The van der Waals surface area contributed by atoms with Crippen molar-refractivity contribution < 1.29 is 14.6 Å². The zero-order chi connectivity index (χ0) is 19.5. The van der Waals surface area contributed by atoms with Crippen molar-refractivity contribution in [3.63, 3.8) is 0 Å². The number of aromatic nitrogens is 1. The maximum atomic E-state index is 12.5. The molecule has 0 aliphatic rings. The molecule has 3 aromatic carbocycles. The molecule has 0 bridgehead atoms. The molecule has 5 heteroatoms. The highest BCUT2D eigenvalue weighted by atomic mass is 16.5. The molecule has 28 heavy (non-hydrogen) atoms. The predicted molar refractivity (Wildman–Crippen MR) is 110 cm³/mol. The second-order valence-electron chi connectivity index (χ2n) is 6.54. The fourth-order valence-electron chi connectivity index (χ4n) is 3.19. The minimum absolute atomic E-state index is 0.0380. The number of amides is 1. The van der Waals surface area contributed by atoms with Crippen LogP contribution in [0.1, 0.15) is 15.9 Å². The highest BCUT2D eigenvalue weighted by Crippen LogP contribution is 2.24. The lowest BCUT2D eigenvalue weighted by Crippen LogP contribution is -2.12. The molecule has 1 aromatic heterocycles. The fraction of sp³-hybridized carbons (Fsp3) is 0.0870. The van der Waals surface area contributed by atoms with Crippen LogP contribution < -0.4 is 10.1 Å². The molecule has 0 spiro atoms. The molecule has 5 nitrogen and oxygen atoms in total. The topological polar surface area (TPSA) is 63.5 Å². The number of hydrogen-bond donors (Lipinski definition) is 2. The van der Waals surface area contributed by atoms with Gasteiger partial charge in [-0.3, -0.25) is 4.79 Å². The van der Waals surface area contributed by atoms with E-state index in [0.717, 1.165) is 22.2 Å². The quantitative estimate of drug-likeness (QED) is 0.536. The van der Waals surface area contributed by atoms with Crippen molar-refractivity contribution in [3.8, 4) is 11.5 Å². The van der Waals surface area contributed by atoms with Gasteiger partial charge in [0.15, 0.2) is 0 Å². The summed E-state index contributed by atoms with van der Waals surface area (Å²) in [5, 5.41) is 13.8. The summed E-state index contributed by atoms with van der Waals surface area (Å²) in [6.45, 7) is 0.713. The largest absolute Gasteiger partial charge is 0.507 e. The maximum absolute atomic E-state index is 12.5. The van der Waals surface area contributed by atoms with Gasteiger partial charge in [-0.15, -0.1) is 0 Å². The summed E-state index contributed by atoms with van der Waals surface area (Å²) in [5.41, 5.74) is 3.10. The number of methoxy groups -OCH3 is 1. The third-order valence-electron chi connectivity index (χ3n) is 4.69. The first-order valence-corrected chi connectivity index (χ1v) is 8.95. The molecular weight excluding hydrogens is 352 g/mol. The Labute approximate surface area is 162 Å². The number of carbonyl (C=O) groups excluding carboxylic acids is 1. The number of anilines is 1. The van der Waals surface area contributed by atoms with Crippen molar-refractivity contribution in [2.45, 2.75) is 6.54 Å². The number of nitrogens with zero attached hydrogens (tertiary/aromatic N) is 1. The van der Waals surface area contributed by atoms with Crippen molar-refractivity contribution in [3.05, 3.63) is 90.1 Å². The Morgan fingerprint density at radius 3 is 2.57 bits per heavy atom. The van der Waals surface area contributed by atoms with E-state index in [2.05, 4.69) is 9.88 Å². The molecule has 2 N–H and O–H groups in total. The molecule has 140 valence electrons. The minimum atomic E-state index is -0.342. The Hall–Kier alpha value is -3.73. The van der Waals surface area contributed by atoms with Crippen molar-refractivity contribution in [2.24, 2.45) is 0 Å². The normalized spacial score (nSPS) is 10.8. The van der Waals surface area contributed by atoms with E-state index in [9.17, 15) is 9.90 Å². The zero-order valence-electron chi connectivity index (χ0n) is 15.4. The number of aromatic hydroxyl groups is 1. The van der Waals surface area contributed by atoms with Crippen LogP contribution in [-0.4, -0.2) is 22.7 Å². The fourth-order valence-corrected chi connectivity index (χ4v) is 3.19. The van der Waals surface area contributed by atoms with Gasteiger partial charge < -0.3 is 19.7 Å². The van der Waals surface area contributed by atoms with Crippen LogP contribution in [0.3, 0.4) is 0 Å². The summed E-state index contributed by atoms with van der Waals surface area (Å²) in [6, 6.07) is 22.3. The molecule has 0 aliphatic carbocycles. The lowest BCUT2D eigenvalue weighted by Gasteiger charge is -2.10. The Morgan fingerprint density at radius 2 is 1.82 bits per heavy atom. The summed E-state index contributed by atoms with van der Waals surface area (Å²) in [4.78, 5) is 12.5. The Balaban J connectivity index is 1.59. The van der Waals surface area contributed by atoms with Gasteiger partial charge in [0.2, 0.25) is 0 Å². The number of benzene rings is 3. The van der Waals surface area contributed by atoms with Gasteiger partial charge in [-0.25, -0.2) is 0 Å². The molecule has 0 unspecified atom stereocenters. The van der Waals surface area contributed by atoms with Crippen molar-refractivity contribution in [2.75, 3.05) is 12.4 Å². The third-order valence-corrected chi connectivity index (χ3v) is 4.69. The molecule has 4 rings (SSSR count). The first-order chi connectivity index (χ1) is 13.6. The number of rotatable bonds is 5. The van der Waals surface area contributed by atoms with Gasteiger partial charge in [0, 0.05) is 18.4 Å². The summed E-state index contributed by atoms with van der Waals surface area (Å²) in [7, 11) is 1.65. The molecular formula is C23H20N2O3. The average molecular weight is 372 g/mol. The highest BCUT2D eigenvalue weighted by molar-refractivity contribution is 6.06. The van der Waals surface area contributed by atoms with Gasteiger partial charge >= 0.3 is 0 Å². The number of hydrogen-bond acceptors (Lipinski definition) is 3. The molecule has 4 aromatic rings. The van der Waals surface area contributed by atoms with Crippen molar-refractivity contribution in [1.82, 2.24) is 4.57 Å². The van der Waals surface area contributed by atoms with Crippen LogP contribution in [0, 0.1) is 0 Å². The summed E-state index contributed by atoms with van der Waals surface area (Å²) >= 11 is 0. The molecule has 1 heterocycles. The number of nitrogens with one attached hydrogen (secondary N) is 1. The SMILES string of the molecule is COc1ccc(Cn2ccc3ccc(NC(=O)c4ccccc4O)cc32)cc1. The van der Waals surface area contributed by atoms with Gasteiger partial charge in [0.1, 0.15) is 11.5 Å². The molecule has 0 aliphatic heterocycles. The lowest BCUT2D eigenvalue weighted by atomic mass is 10.1. The molecule has 0 saturated carbocycles. The van der Waals surface area contributed by atoms with E-state index in [4.69, 9.17) is 4.74 Å². The number of fused-ring (bicyclic) bond motifs is 1. The van der Waals surface area contributed by atoms with E-state index in [-0.39, 0.29) is 17.2 Å². The second kappa shape index (κ2) is 7.48. The molecule has 0 fully saturated rings. The molecule has 0 atom stereocenters. The Kier molecular flexibility index (Phi) is 4.72. The maximum Gasteiger partial charge on any atom is 0.259 e. The molecule has 1 amide bonds. The Bertz CT molecular complexity index is 1130. The number of phenolic OH excluding ortho intramolecular Hbond substituents is 1. The van der Waals surface area contributed by atoms with E-state index < -0.39 is 0 Å². The summed E-state index contributed by atoms with van der Waals surface area (Å²) < 4.78 is 7.34. The van der Waals surface area contributed by atoms with Gasteiger partial charge in [0.25, 0.3) is 5.91 Å². The second-order valence-corrected chi connectivity index (χ2v) is 6.54. The van der Waals surface area contributed by atoms with Crippen LogP contribution in [0.5, 0.6) is 11.5 Å². The van der Waals surface area contributed by atoms with Gasteiger partial charge in [-0.1, -0.05) is 30.3 Å². The molecule has 0 radical (unpaired) electrons. The number of para-hydroxylation sites is 1. The number of ether oxygens (including phenoxy) is 1. The summed E-state index contributed by atoms with van der Waals surface area (Å²) in [6.07, 6.45) is 2.03. The smallest absolute Gasteiger partial charge is 0.259 e. The van der Waals surface area contributed by atoms with Crippen LogP contribution in [-0.2, 0) is 6.54 Å². The van der Waals surface area contributed by atoms with Gasteiger partial charge in [0.05, 0.1) is 18.2 Å². The van der Waals surface area contributed by atoms with E-state index in [1.54, 1.807) is 25.3 Å². The van der Waals surface area contributed by atoms with E-state index >= 15 is 0 Å². The van der Waals surface area contributed by atoms with E-state index in [0.29, 0.717) is 12.2 Å². The first kappa shape index (κ1) is 17.7. The van der Waals surface area contributed by atoms with E-state index in [1.165, 1.54) is 6.07 Å². The van der Waals surface area contributed by atoms with Crippen LogP contribution in [0.2, 0.25) is 0 Å². The van der Waals surface area contributed by atoms with E-state index in [1.807, 2.05) is 54.7 Å². The zero-order valence-corrected chi connectivity index (χ0v) is 15.4. The summed E-state index contributed by atoms with van der Waals surface area (Å²) in [5.74, 6) is 0.449. The lowest BCUT2D eigenvalue weighted by molar-refractivity contribution is 0.102. The predicted octanol–water partition coefficient (Wildman–Crippen LogP) is 4.66. The Morgan fingerprint density at radius 1 is 1.04 bits per heavy atom. The van der Waals surface area contributed by atoms with Crippen molar-refractivity contribution >= 4 is 22.5 Å². The standard InChI is InChI=1S/C23H20N2O3/c1-28-19-10-6-16(7-11-19)15-25-13-12-17-8-9-18(14-21(17)25)24-23(27)20-4-2-3-5-22(20)26/h2-14,26H,15H2,1H3,(H,24,27). The highest BCUT2D eigenvalue weighted by Gasteiger charge is 2.11. The average Bonchev–Trinajstić information content (AvgIpc) is 3.11. The number of carbonyl (C=O) groups is 1. The van der Waals surface area contributed by atoms with Crippen LogP contribution in [0.25, 0.3) is 10.9 Å². The first-order valence-electron chi connectivity index (χ1n) is 8.95. The van der Waals surface area contributed by atoms with Gasteiger partial charge in [-0.2, -0.15) is 0 Å². The van der Waals surface area contributed by atoms with Crippen LogP contribution >= 0.6 is 0 Å². The number of phenols is 1.